The van der Waals surface area contributed by atoms with Crippen molar-refractivity contribution in [2.24, 2.45) is 0 Å². The molecular formula is C14H15N5O. The Hall–Kier alpha value is -2.68. The molecule has 0 aliphatic heterocycles. The van der Waals surface area contributed by atoms with Gasteiger partial charge >= 0.3 is 0 Å². The zero-order valence-electron chi connectivity index (χ0n) is 11.4. The number of anilines is 1. The first-order valence-electron chi connectivity index (χ1n) is 6.28. The maximum absolute atomic E-state index is 12.5. The molecule has 0 fully saturated rings. The second-order valence-electron chi connectivity index (χ2n) is 4.59. The van der Waals surface area contributed by atoms with Crippen molar-refractivity contribution in [1.29, 1.82) is 5.26 Å². The summed E-state index contributed by atoms with van der Waals surface area (Å²) in [6.07, 6.45) is 1.39. The Balaban J connectivity index is 2.23. The second kappa shape index (κ2) is 5.97. The average molecular weight is 269 g/mol. The minimum Gasteiger partial charge on any atom is -0.308 e. The molecule has 1 amide bonds. The Bertz CT molecular complexity index is 627. The summed E-state index contributed by atoms with van der Waals surface area (Å²) in [6.45, 7) is 3.94. The van der Waals surface area contributed by atoms with Crippen LogP contribution in [0.2, 0.25) is 0 Å². The van der Waals surface area contributed by atoms with Crippen LogP contribution in [0, 0.1) is 11.3 Å². The molecule has 2 rings (SSSR count). The predicted molar refractivity (Wildman–Crippen MR) is 73.8 cm³/mol. The van der Waals surface area contributed by atoms with Gasteiger partial charge in [-0.25, -0.2) is 0 Å². The quantitative estimate of drug-likeness (QED) is 0.844. The molecule has 6 nitrogen and oxygen atoms in total. The Labute approximate surface area is 117 Å². The Morgan fingerprint density at radius 1 is 1.40 bits per heavy atom. The van der Waals surface area contributed by atoms with Crippen molar-refractivity contribution in [3.63, 3.8) is 0 Å². The van der Waals surface area contributed by atoms with E-state index in [2.05, 4.69) is 10.2 Å². The number of nitrogens with zero attached hydrogens (tertiary/aromatic N) is 5. The standard InChI is InChI=1S/C14H15N5O/c1-11(2)19(12-6-4-3-5-7-12)14(20)9-18-10-16-17-13(18)8-15/h3-7,10-11H,9H2,1-2H3. The smallest absolute Gasteiger partial charge is 0.247 e. The third-order valence-corrected chi connectivity index (χ3v) is 2.84. The summed E-state index contributed by atoms with van der Waals surface area (Å²) >= 11 is 0. The van der Waals surface area contributed by atoms with E-state index in [1.54, 1.807) is 4.90 Å². The SMILES string of the molecule is CC(C)N(C(=O)Cn1cnnc1C#N)c1ccccc1. The normalized spacial score (nSPS) is 10.3. The molecule has 2 aromatic rings. The van der Waals surface area contributed by atoms with Crippen molar-refractivity contribution in [3.8, 4) is 6.07 Å². The molecule has 0 N–H and O–H groups in total. The molecule has 0 unspecified atom stereocenters. The number of hydrogen-bond acceptors (Lipinski definition) is 4. The first-order valence-corrected chi connectivity index (χ1v) is 6.28. The van der Waals surface area contributed by atoms with Crippen LogP contribution in [0.15, 0.2) is 36.7 Å². The van der Waals surface area contributed by atoms with E-state index in [1.165, 1.54) is 10.9 Å². The van der Waals surface area contributed by atoms with Gasteiger partial charge < -0.3 is 4.90 Å². The highest BCUT2D eigenvalue weighted by Crippen LogP contribution is 2.17. The fourth-order valence-corrected chi connectivity index (χ4v) is 2.00. The summed E-state index contributed by atoms with van der Waals surface area (Å²) in [5, 5.41) is 16.2. The van der Waals surface area contributed by atoms with E-state index in [0.717, 1.165) is 5.69 Å². The lowest BCUT2D eigenvalue weighted by Crippen LogP contribution is -2.39. The molecule has 102 valence electrons. The predicted octanol–water partition coefficient (Wildman–Crippen LogP) is 1.59. The summed E-state index contributed by atoms with van der Waals surface area (Å²) in [6, 6.07) is 11.4. The lowest BCUT2D eigenvalue weighted by molar-refractivity contribution is -0.119. The van der Waals surface area contributed by atoms with Crippen LogP contribution in [0.5, 0.6) is 0 Å². The van der Waals surface area contributed by atoms with E-state index in [1.807, 2.05) is 50.2 Å². The lowest BCUT2D eigenvalue weighted by Gasteiger charge is -2.27. The molecule has 0 bridgehead atoms. The first-order chi connectivity index (χ1) is 9.63. The van der Waals surface area contributed by atoms with Crippen molar-refractivity contribution in [1.82, 2.24) is 14.8 Å². The van der Waals surface area contributed by atoms with Crippen molar-refractivity contribution in [3.05, 3.63) is 42.5 Å². The molecule has 6 heteroatoms. The number of carbonyl (C=O) groups excluding carboxylic acids is 1. The third kappa shape index (κ3) is 2.83. The van der Waals surface area contributed by atoms with Crippen LogP contribution in [0.1, 0.15) is 19.7 Å². The van der Waals surface area contributed by atoms with E-state index < -0.39 is 0 Å². The molecular weight excluding hydrogens is 254 g/mol. The van der Waals surface area contributed by atoms with Crippen molar-refractivity contribution >= 4 is 11.6 Å². The van der Waals surface area contributed by atoms with E-state index in [4.69, 9.17) is 5.26 Å². The number of para-hydroxylation sites is 1. The highest BCUT2D eigenvalue weighted by molar-refractivity contribution is 5.93. The number of nitriles is 1. The number of hydrogen-bond donors (Lipinski definition) is 0. The number of benzene rings is 1. The monoisotopic (exact) mass is 269 g/mol. The van der Waals surface area contributed by atoms with E-state index in [0.29, 0.717) is 0 Å². The minimum absolute atomic E-state index is 0.0203. The number of amides is 1. The average Bonchev–Trinajstić information content (AvgIpc) is 2.86. The highest BCUT2D eigenvalue weighted by Gasteiger charge is 2.20. The zero-order chi connectivity index (χ0) is 14.5. The summed E-state index contributed by atoms with van der Waals surface area (Å²) in [7, 11) is 0. The van der Waals surface area contributed by atoms with Crippen LogP contribution in [-0.4, -0.2) is 26.7 Å². The van der Waals surface area contributed by atoms with Gasteiger partial charge in [0.25, 0.3) is 0 Å². The van der Waals surface area contributed by atoms with Gasteiger partial charge in [0, 0.05) is 11.7 Å². The summed E-state index contributed by atoms with van der Waals surface area (Å²) in [4.78, 5) is 14.2. The molecule has 1 aromatic carbocycles. The Morgan fingerprint density at radius 2 is 2.10 bits per heavy atom. The molecule has 0 saturated carbocycles. The number of rotatable bonds is 4. The lowest BCUT2D eigenvalue weighted by atomic mass is 10.2. The van der Waals surface area contributed by atoms with Crippen LogP contribution in [0.3, 0.4) is 0 Å². The molecule has 0 spiro atoms. The maximum Gasteiger partial charge on any atom is 0.247 e. The zero-order valence-corrected chi connectivity index (χ0v) is 11.4. The van der Waals surface area contributed by atoms with Crippen LogP contribution in [0.25, 0.3) is 0 Å². The molecule has 20 heavy (non-hydrogen) atoms. The topological polar surface area (TPSA) is 74.8 Å². The van der Waals surface area contributed by atoms with Crippen molar-refractivity contribution in [2.75, 3.05) is 4.90 Å². The van der Waals surface area contributed by atoms with E-state index in [-0.39, 0.29) is 24.3 Å². The molecule has 1 heterocycles. The Morgan fingerprint density at radius 3 is 2.70 bits per heavy atom. The van der Waals surface area contributed by atoms with Gasteiger partial charge in [-0.15, -0.1) is 10.2 Å². The van der Waals surface area contributed by atoms with Crippen molar-refractivity contribution in [2.45, 2.75) is 26.4 Å². The third-order valence-electron chi connectivity index (χ3n) is 2.84. The fraction of sp³-hybridized carbons (Fsp3) is 0.286. The first kappa shape index (κ1) is 13.7. The van der Waals surface area contributed by atoms with Gasteiger partial charge in [0.15, 0.2) is 0 Å². The largest absolute Gasteiger partial charge is 0.308 e. The summed E-state index contributed by atoms with van der Waals surface area (Å²) in [5.41, 5.74) is 0.832. The second-order valence-corrected chi connectivity index (χ2v) is 4.59. The minimum atomic E-state index is -0.109. The van der Waals surface area contributed by atoms with Gasteiger partial charge in [0.05, 0.1) is 0 Å². The molecule has 0 aliphatic rings. The Kier molecular flexibility index (Phi) is 4.11. The molecule has 1 aromatic heterocycles. The van der Waals surface area contributed by atoms with Gasteiger partial charge in [-0.3, -0.25) is 9.36 Å². The van der Waals surface area contributed by atoms with Crippen LogP contribution >= 0.6 is 0 Å². The molecule has 0 aliphatic carbocycles. The van der Waals surface area contributed by atoms with Gasteiger partial charge in [-0.1, -0.05) is 18.2 Å². The molecule has 0 atom stereocenters. The van der Waals surface area contributed by atoms with Crippen molar-refractivity contribution < 1.29 is 4.79 Å². The van der Waals surface area contributed by atoms with E-state index in [9.17, 15) is 4.79 Å². The van der Waals surface area contributed by atoms with Gasteiger partial charge in [0.1, 0.15) is 18.9 Å². The van der Waals surface area contributed by atoms with Gasteiger partial charge in [-0.05, 0) is 26.0 Å². The van der Waals surface area contributed by atoms with Crippen LogP contribution < -0.4 is 4.90 Å². The maximum atomic E-state index is 12.5. The highest BCUT2D eigenvalue weighted by atomic mass is 16.2. The molecule has 0 radical (unpaired) electrons. The van der Waals surface area contributed by atoms with E-state index >= 15 is 0 Å². The number of carbonyl (C=O) groups is 1. The van der Waals surface area contributed by atoms with Gasteiger partial charge in [-0.2, -0.15) is 5.26 Å². The fourth-order valence-electron chi connectivity index (χ4n) is 2.00. The molecule has 0 saturated heterocycles. The van der Waals surface area contributed by atoms with Gasteiger partial charge in [0.2, 0.25) is 11.7 Å². The summed E-state index contributed by atoms with van der Waals surface area (Å²) < 4.78 is 1.45. The summed E-state index contributed by atoms with van der Waals surface area (Å²) in [5.74, 6) is 0.0256. The van der Waals surface area contributed by atoms with Crippen LogP contribution in [-0.2, 0) is 11.3 Å². The number of aromatic nitrogens is 3. The van der Waals surface area contributed by atoms with Crippen LogP contribution in [0.4, 0.5) is 5.69 Å².